The molecule has 0 aliphatic heterocycles. The van der Waals surface area contributed by atoms with Crippen LogP contribution in [0.1, 0.15) is 27.2 Å². The van der Waals surface area contributed by atoms with Crippen molar-refractivity contribution < 1.29 is 35.3 Å². The highest BCUT2D eigenvalue weighted by molar-refractivity contribution is 8.13. The lowest BCUT2D eigenvalue weighted by atomic mass is 9.92. The average Bonchev–Trinajstić information content (AvgIpc) is 2.24. The van der Waals surface area contributed by atoms with Crippen LogP contribution in [0.2, 0.25) is 0 Å². The van der Waals surface area contributed by atoms with Gasteiger partial charge in [-0.05, 0) is 6.42 Å². The van der Waals surface area contributed by atoms with E-state index in [-0.39, 0.29) is 11.8 Å². The number of alkyl halides is 4. The second-order valence-corrected chi connectivity index (χ2v) is 6.92. The summed E-state index contributed by atoms with van der Waals surface area (Å²) in [4.78, 5) is 11.5. The molecule has 0 amide bonds. The fraction of sp³-hybridized carbons (Fsp3) is 0.889. The third kappa shape index (κ3) is 4.06. The molecular weight excluding hydrogens is 312 g/mol. The van der Waals surface area contributed by atoms with Crippen LogP contribution in [0.5, 0.6) is 0 Å². The monoisotopic (exact) mass is 326 g/mol. The quantitative estimate of drug-likeness (QED) is 0.600. The normalized spacial score (nSPS) is 14.5. The number of carbonyl (C=O) groups is 1. The predicted molar refractivity (Wildman–Crippen MR) is 63.0 cm³/mol. The Morgan fingerprint density at radius 1 is 1.21 bits per heavy atom. The van der Waals surface area contributed by atoms with E-state index in [1.165, 1.54) is 13.8 Å². The molecule has 0 heterocycles. The maximum Gasteiger partial charge on any atom is 0.432 e. The van der Waals surface area contributed by atoms with Gasteiger partial charge >= 0.3 is 21.3 Å². The SMILES string of the molecule is CCC(C)(C)C(=O)SCC(F)(F)C(F)(F)S(=O)(=O)O. The summed E-state index contributed by atoms with van der Waals surface area (Å²) in [6.07, 6.45) is 0.305. The van der Waals surface area contributed by atoms with Crippen LogP contribution in [0, 0.1) is 5.41 Å². The van der Waals surface area contributed by atoms with Crippen LogP contribution in [-0.2, 0) is 14.9 Å². The lowest BCUT2D eigenvalue weighted by Gasteiger charge is -2.25. The Hall–Kier alpha value is -0.350. The van der Waals surface area contributed by atoms with Crippen molar-refractivity contribution in [3.63, 3.8) is 0 Å². The second-order valence-electron chi connectivity index (χ2n) is 4.51. The summed E-state index contributed by atoms with van der Waals surface area (Å²) in [5, 5.41) is -6.40. The first-order chi connectivity index (χ1) is 8.19. The summed E-state index contributed by atoms with van der Waals surface area (Å²) in [6, 6.07) is 0. The largest absolute Gasteiger partial charge is 0.432 e. The second kappa shape index (κ2) is 5.57. The van der Waals surface area contributed by atoms with E-state index in [1.54, 1.807) is 6.92 Å². The third-order valence-electron chi connectivity index (χ3n) is 2.57. The third-order valence-corrected chi connectivity index (χ3v) is 4.84. The Bertz CT molecular complexity index is 445. The van der Waals surface area contributed by atoms with Crippen LogP contribution in [0.15, 0.2) is 0 Å². The molecule has 10 heteroatoms. The minimum atomic E-state index is -6.26. The molecule has 0 rings (SSSR count). The van der Waals surface area contributed by atoms with Crippen LogP contribution in [-0.4, -0.2) is 35.0 Å². The number of halogens is 4. The van der Waals surface area contributed by atoms with E-state index in [4.69, 9.17) is 4.55 Å². The zero-order chi connectivity index (χ0) is 15.7. The molecule has 0 aromatic carbocycles. The zero-order valence-electron chi connectivity index (χ0n) is 10.4. The van der Waals surface area contributed by atoms with E-state index >= 15 is 0 Å². The van der Waals surface area contributed by atoms with Crippen molar-refractivity contribution in [1.82, 2.24) is 0 Å². The van der Waals surface area contributed by atoms with Crippen molar-refractivity contribution in [3.05, 3.63) is 0 Å². The molecule has 0 bridgehead atoms. The number of hydrogen-bond donors (Lipinski definition) is 1. The van der Waals surface area contributed by atoms with Gasteiger partial charge in [0.15, 0.2) is 5.12 Å². The van der Waals surface area contributed by atoms with Crippen LogP contribution in [0.4, 0.5) is 17.6 Å². The van der Waals surface area contributed by atoms with Crippen molar-refractivity contribution in [2.45, 2.75) is 38.4 Å². The number of thioether (sulfide) groups is 1. The van der Waals surface area contributed by atoms with Gasteiger partial charge in [0.05, 0.1) is 5.75 Å². The molecule has 1 N–H and O–H groups in total. The van der Waals surface area contributed by atoms with E-state index < -0.39 is 37.6 Å². The Balaban J connectivity index is 4.97. The highest BCUT2D eigenvalue weighted by Crippen LogP contribution is 2.41. The number of rotatable bonds is 6. The van der Waals surface area contributed by atoms with E-state index in [2.05, 4.69) is 0 Å². The molecule has 0 fully saturated rings. The van der Waals surface area contributed by atoms with Gasteiger partial charge in [0.1, 0.15) is 0 Å². The van der Waals surface area contributed by atoms with Gasteiger partial charge < -0.3 is 0 Å². The molecule has 0 aliphatic carbocycles. The summed E-state index contributed by atoms with van der Waals surface area (Å²) < 4.78 is 80.4. The molecule has 0 radical (unpaired) electrons. The van der Waals surface area contributed by atoms with Gasteiger partial charge in [-0.3, -0.25) is 9.35 Å². The van der Waals surface area contributed by atoms with Crippen LogP contribution in [0.25, 0.3) is 0 Å². The van der Waals surface area contributed by atoms with E-state index in [1.807, 2.05) is 0 Å². The molecule has 0 aromatic rings. The highest BCUT2D eigenvalue weighted by atomic mass is 32.2. The molecule has 114 valence electrons. The molecule has 4 nitrogen and oxygen atoms in total. The summed E-state index contributed by atoms with van der Waals surface area (Å²) in [5.41, 5.74) is -0.992. The maximum absolute atomic E-state index is 13.1. The van der Waals surface area contributed by atoms with Gasteiger partial charge in [-0.2, -0.15) is 26.0 Å². The maximum atomic E-state index is 13.1. The first-order valence-corrected chi connectivity index (χ1v) is 7.51. The van der Waals surface area contributed by atoms with Gasteiger partial charge in [-0.25, -0.2) is 0 Å². The predicted octanol–water partition coefficient (Wildman–Crippen LogP) is 2.80. The highest BCUT2D eigenvalue weighted by Gasteiger charge is 2.65. The van der Waals surface area contributed by atoms with Gasteiger partial charge in [0.25, 0.3) is 0 Å². The molecular formula is C9H14F4O4S2. The minimum absolute atomic E-state index is 0.0866. The van der Waals surface area contributed by atoms with Gasteiger partial charge in [0, 0.05) is 5.41 Å². The van der Waals surface area contributed by atoms with Crippen molar-refractivity contribution in [3.8, 4) is 0 Å². The number of hydrogen-bond acceptors (Lipinski definition) is 4. The molecule has 0 aromatic heterocycles. The summed E-state index contributed by atoms with van der Waals surface area (Å²) >= 11 is -0.0866. The zero-order valence-corrected chi connectivity index (χ0v) is 12.0. The van der Waals surface area contributed by atoms with Crippen LogP contribution in [0.3, 0.4) is 0 Å². The lowest BCUT2D eigenvalue weighted by molar-refractivity contribution is -0.143. The Kier molecular flexibility index (Phi) is 5.46. The molecule has 0 saturated heterocycles. The fourth-order valence-corrected chi connectivity index (χ4v) is 2.34. The van der Waals surface area contributed by atoms with Crippen molar-refractivity contribution in [2.24, 2.45) is 5.41 Å². The molecule has 0 aliphatic rings. The molecule has 0 unspecified atom stereocenters. The molecule has 19 heavy (non-hydrogen) atoms. The topological polar surface area (TPSA) is 71.4 Å². The first kappa shape index (κ1) is 18.7. The molecule has 0 saturated carbocycles. The van der Waals surface area contributed by atoms with Gasteiger partial charge in [0.2, 0.25) is 0 Å². The minimum Gasteiger partial charge on any atom is -0.287 e. The standard InChI is InChI=1S/C9H14F4O4S2/c1-4-7(2,3)6(14)18-5-8(10,11)9(12,13)19(15,16)17/h4-5H2,1-3H3,(H,15,16,17). The Labute approximate surface area is 112 Å². The lowest BCUT2D eigenvalue weighted by Crippen LogP contribution is -2.48. The van der Waals surface area contributed by atoms with Crippen molar-refractivity contribution in [2.75, 3.05) is 5.75 Å². The van der Waals surface area contributed by atoms with Crippen molar-refractivity contribution in [1.29, 1.82) is 0 Å². The fourth-order valence-electron chi connectivity index (χ4n) is 0.769. The van der Waals surface area contributed by atoms with Gasteiger partial charge in [-0.15, -0.1) is 0 Å². The molecule has 0 atom stereocenters. The number of carbonyl (C=O) groups excluding carboxylic acids is 1. The average molecular weight is 326 g/mol. The summed E-state index contributed by atoms with van der Waals surface area (Å²) in [6.45, 7) is 4.51. The smallest absolute Gasteiger partial charge is 0.287 e. The van der Waals surface area contributed by atoms with Crippen molar-refractivity contribution >= 4 is 27.0 Å². The van der Waals surface area contributed by atoms with Crippen LogP contribution >= 0.6 is 11.8 Å². The summed E-state index contributed by atoms with van der Waals surface area (Å²) in [5.74, 6) is -6.78. The first-order valence-electron chi connectivity index (χ1n) is 5.09. The Morgan fingerprint density at radius 2 is 1.63 bits per heavy atom. The van der Waals surface area contributed by atoms with E-state index in [0.29, 0.717) is 6.42 Å². The Morgan fingerprint density at radius 3 is 1.95 bits per heavy atom. The van der Waals surface area contributed by atoms with E-state index in [0.717, 1.165) is 0 Å². The van der Waals surface area contributed by atoms with Crippen LogP contribution < -0.4 is 0 Å². The molecule has 0 spiro atoms. The summed E-state index contributed by atoms with van der Waals surface area (Å²) in [7, 11) is -6.26. The van der Waals surface area contributed by atoms with Gasteiger partial charge in [-0.1, -0.05) is 32.5 Å². The van der Waals surface area contributed by atoms with E-state index in [9.17, 15) is 30.8 Å².